The normalized spacial score (nSPS) is 25.7. The first-order valence-corrected chi connectivity index (χ1v) is 27.8. The second-order valence-corrected chi connectivity index (χ2v) is 19.0. The van der Waals surface area contributed by atoms with Gasteiger partial charge in [0.25, 0.3) is 0 Å². The minimum atomic E-state index is -1.72. The summed E-state index contributed by atoms with van der Waals surface area (Å²) < 4.78 is 34.3. The van der Waals surface area contributed by atoms with Crippen molar-refractivity contribution in [3.8, 4) is 0 Å². The Balaban J connectivity index is 1.74. The lowest BCUT2D eigenvalue weighted by Gasteiger charge is -2.42. The van der Waals surface area contributed by atoms with Gasteiger partial charge in [-0.3, -0.25) is 4.79 Å². The van der Waals surface area contributed by atoms with Crippen LogP contribution in [0.2, 0.25) is 0 Å². The molecular formula is C59H98O14. The first-order chi connectivity index (χ1) is 35.6. The summed E-state index contributed by atoms with van der Waals surface area (Å²) in [6, 6.07) is 0. The van der Waals surface area contributed by atoms with Crippen molar-refractivity contribution in [2.24, 2.45) is 0 Å². The van der Waals surface area contributed by atoms with Crippen LogP contribution in [0.3, 0.4) is 0 Å². The third-order valence-electron chi connectivity index (χ3n) is 12.6. The van der Waals surface area contributed by atoms with Crippen molar-refractivity contribution >= 4 is 5.97 Å². The molecule has 0 amide bonds. The van der Waals surface area contributed by atoms with E-state index in [1.165, 1.54) is 38.5 Å². The van der Waals surface area contributed by atoms with E-state index in [1.807, 2.05) is 0 Å². The molecule has 0 saturated carbocycles. The molecule has 2 saturated heterocycles. The van der Waals surface area contributed by atoms with Gasteiger partial charge in [-0.2, -0.15) is 0 Å². The first-order valence-electron chi connectivity index (χ1n) is 27.8. The summed E-state index contributed by atoms with van der Waals surface area (Å²) in [7, 11) is 0. The van der Waals surface area contributed by atoms with Gasteiger partial charge in [0.1, 0.15) is 54.9 Å². The van der Waals surface area contributed by atoms with E-state index in [0.717, 1.165) is 103 Å². The number of rotatable bonds is 43. The SMILES string of the molecule is CC/C=C\C/C=C\C/C=C\C/C=C\CCCCCCCCCCCCC(=O)OC(COCCCCC/C=C\C/C=C\C/C=C\C/C=C\CC)COC1OC(COC2OC(CO)C(O)C(O)C2O)C(O)C(O)C1O. The van der Waals surface area contributed by atoms with Gasteiger partial charge in [-0.1, -0.05) is 169 Å². The number of ether oxygens (including phenoxy) is 6. The zero-order valence-electron chi connectivity index (χ0n) is 44.6. The molecule has 14 heteroatoms. The Bertz CT molecular complexity index is 1570. The standard InChI is InChI=1S/C59H98O14/c1-3-5-7-9-11-13-15-17-19-21-22-23-24-25-26-27-28-30-32-34-36-38-40-42-51(61)71-48(45-68-43-41-39-37-35-33-31-29-20-18-16-14-12-10-8-6-4-2)46-69-58-57(67)55(65)53(63)50(73-58)47-70-59-56(66)54(64)52(62)49(44-60)72-59/h5-8,11-14,17-20,22-23,31,33,48-50,52-60,62-67H,3-4,9-10,15-16,21,24-30,32,34-47H2,1-2H3/b7-5-,8-6-,13-11-,14-12-,19-17-,20-18-,23-22-,33-31-. The molecule has 2 fully saturated rings. The van der Waals surface area contributed by atoms with Crippen LogP contribution in [0.4, 0.5) is 0 Å². The van der Waals surface area contributed by atoms with Crippen molar-refractivity contribution in [3.63, 3.8) is 0 Å². The molecule has 0 aliphatic carbocycles. The highest BCUT2D eigenvalue weighted by atomic mass is 16.7. The quantitative estimate of drug-likeness (QED) is 0.0172. The summed E-state index contributed by atoms with van der Waals surface area (Å²) >= 11 is 0. The summed E-state index contributed by atoms with van der Waals surface area (Å²) in [5.74, 6) is -0.397. The Kier molecular flexibility index (Phi) is 40.8. The molecule has 14 nitrogen and oxygen atoms in total. The average molecular weight is 1030 g/mol. The lowest BCUT2D eigenvalue weighted by atomic mass is 9.98. The van der Waals surface area contributed by atoms with E-state index < -0.39 is 86.7 Å². The van der Waals surface area contributed by atoms with Gasteiger partial charge in [0.15, 0.2) is 12.6 Å². The van der Waals surface area contributed by atoms with Crippen molar-refractivity contribution in [1.82, 2.24) is 0 Å². The van der Waals surface area contributed by atoms with Crippen LogP contribution in [0.1, 0.15) is 168 Å². The van der Waals surface area contributed by atoms with Crippen molar-refractivity contribution in [2.75, 3.05) is 33.0 Å². The van der Waals surface area contributed by atoms with Crippen molar-refractivity contribution in [3.05, 3.63) is 97.2 Å². The van der Waals surface area contributed by atoms with Crippen molar-refractivity contribution in [1.29, 1.82) is 0 Å². The maximum absolute atomic E-state index is 13.1. The van der Waals surface area contributed by atoms with E-state index in [-0.39, 0.29) is 19.6 Å². The lowest BCUT2D eigenvalue weighted by molar-refractivity contribution is -0.332. The third-order valence-corrected chi connectivity index (χ3v) is 12.6. The van der Waals surface area contributed by atoms with E-state index >= 15 is 0 Å². The van der Waals surface area contributed by atoms with Crippen molar-refractivity contribution in [2.45, 2.75) is 235 Å². The van der Waals surface area contributed by atoms with Gasteiger partial charge in [0, 0.05) is 13.0 Å². The monoisotopic (exact) mass is 1030 g/mol. The largest absolute Gasteiger partial charge is 0.457 e. The van der Waals surface area contributed by atoms with Crippen LogP contribution in [-0.2, 0) is 33.2 Å². The van der Waals surface area contributed by atoms with Gasteiger partial charge >= 0.3 is 5.97 Å². The molecule has 0 aromatic heterocycles. The Hall–Kier alpha value is -3.09. The van der Waals surface area contributed by atoms with Gasteiger partial charge < -0.3 is 64.2 Å². The van der Waals surface area contributed by atoms with E-state index in [2.05, 4.69) is 111 Å². The van der Waals surface area contributed by atoms with Crippen LogP contribution in [0, 0.1) is 0 Å². The third kappa shape index (κ3) is 32.2. The highest BCUT2D eigenvalue weighted by Crippen LogP contribution is 2.26. The predicted octanol–water partition coefficient (Wildman–Crippen LogP) is 9.41. The molecular weight excluding hydrogens is 933 g/mol. The van der Waals surface area contributed by atoms with Crippen molar-refractivity contribution < 1.29 is 69.0 Å². The smallest absolute Gasteiger partial charge is 0.306 e. The molecule has 0 radical (unpaired) electrons. The Labute approximate surface area is 439 Å². The zero-order chi connectivity index (χ0) is 53.0. The molecule has 0 bridgehead atoms. The predicted molar refractivity (Wildman–Crippen MR) is 288 cm³/mol. The summed E-state index contributed by atoms with van der Waals surface area (Å²) in [5.41, 5.74) is 0. The van der Waals surface area contributed by atoms with Crippen LogP contribution < -0.4 is 0 Å². The fourth-order valence-electron chi connectivity index (χ4n) is 8.15. The maximum atomic E-state index is 13.1. The lowest BCUT2D eigenvalue weighted by Crippen LogP contribution is -2.61. The molecule has 2 aliphatic rings. The van der Waals surface area contributed by atoms with E-state index in [4.69, 9.17) is 28.4 Å². The topological polar surface area (TPSA) is 214 Å². The minimum Gasteiger partial charge on any atom is -0.457 e. The molecule has 418 valence electrons. The minimum absolute atomic E-state index is 0.0324. The van der Waals surface area contributed by atoms with E-state index in [0.29, 0.717) is 13.0 Å². The molecule has 7 N–H and O–H groups in total. The Morgan fingerprint density at radius 3 is 1.33 bits per heavy atom. The highest BCUT2D eigenvalue weighted by molar-refractivity contribution is 5.69. The molecule has 2 aliphatic heterocycles. The van der Waals surface area contributed by atoms with Gasteiger partial charge in [0.05, 0.1) is 26.4 Å². The fraction of sp³-hybridized carbons (Fsp3) is 0.712. The number of esters is 1. The van der Waals surface area contributed by atoms with Crippen LogP contribution in [0.15, 0.2) is 97.2 Å². The molecule has 0 spiro atoms. The fourth-order valence-corrected chi connectivity index (χ4v) is 8.15. The number of carbonyl (C=O) groups excluding carboxylic acids is 1. The second-order valence-electron chi connectivity index (χ2n) is 19.0. The molecule has 0 aromatic carbocycles. The summed E-state index contributed by atoms with van der Waals surface area (Å²) in [6.07, 6.45) is 43.2. The molecule has 2 rings (SSSR count). The number of hydrogen-bond donors (Lipinski definition) is 7. The number of carbonyl (C=O) groups is 1. The van der Waals surface area contributed by atoms with Crippen LogP contribution in [0.25, 0.3) is 0 Å². The molecule has 0 aromatic rings. The highest BCUT2D eigenvalue weighted by Gasteiger charge is 2.47. The number of allylic oxidation sites excluding steroid dienone is 16. The van der Waals surface area contributed by atoms with E-state index in [9.17, 15) is 40.5 Å². The van der Waals surface area contributed by atoms with Gasteiger partial charge in [-0.25, -0.2) is 0 Å². The molecule has 73 heavy (non-hydrogen) atoms. The Morgan fingerprint density at radius 2 is 0.849 bits per heavy atom. The van der Waals surface area contributed by atoms with Crippen LogP contribution in [0.5, 0.6) is 0 Å². The number of unbranched alkanes of at least 4 members (excludes halogenated alkanes) is 13. The van der Waals surface area contributed by atoms with Gasteiger partial charge in [-0.05, 0) is 89.9 Å². The molecule has 11 atom stereocenters. The Morgan fingerprint density at radius 1 is 0.452 bits per heavy atom. The maximum Gasteiger partial charge on any atom is 0.306 e. The number of aliphatic hydroxyl groups is 7. The average Bonchev–Trinajstić information content (AvgIpc) is 3.39. The number of aliphatic hydroxyl groups excluding tert-OH is 7. The number of hydrogen-bond acceptors (Lipinski definition) is 14. The van der Waals surface area contributed by atoms with Crippen LogP contribution in [-0.4, -0.2) is 142 Å². The summed E-state index contributed by atoms with van der Waals surface area (Å²) in [6.45, 7) is 3.36. The summed E-state index contributed by atoms with van der Waals surface area (Å²) in [5, 5.41) is 72.3. The van der Waals surface area contributed by atoms with E-state index in [1.54, 1.807) is 0 Å². The molecule has 11 unspecified atom stereocenters. The second kappa shape index (κ2) is 45.1. The first kappa shape index (κ1) is 66.0. The summed E-state index contributed by atoms with van der Waals surface area (Å²) in [4.78, 5) is 13.1. The molecule has 2 heterocycles. The van der Waals surface area contributed by atoms with Gasteiger partial charge in [0.2, 0.25) is 0 Å². The van der Waals surface area contributed by atoms with Crippen LogP contribution >= 0.6 is 0 Å². The van der Waals surface area contributed by atoms with Gasteiger partial charge in [-0.15, -0.1) is 0 Å². The zero-order valence-corrected chi connectivity index (χ0v) is 44.6.